The van der Waals surface area contributed by atoms with Gasteiger partial charge in [0, 0.05) is 18.3 Å². The highest BCUT2D eigenvalue weighted by Crippen LogP contribution is 2.29. The van der Waals surface area contributed by atoms with E-state index in [2.05, 4.69) is 16.3 Å². The van der Waals surface area contributed by atoms with Crippen molar-refractivity contribution in [3.8, 4) is 6.07 Å². The molecule has 0 radical (unpaired) electrons. The SMILES string of the molecule is Cc1cccc(C)c1N1CC(C)NC(=O)C1CC#N. The first-order valence-electron chi connectivity index (χ1n) is 6.54. The Bertz CT molecular complexity index is 512. The van der Waals surface area contributed by atoms with E-state index < -0.39 is 0 Å². The van der Waals surface area contributed by atoms with E-state index >= 15 is 0 Å². The largest absolute Gasteiger partial charge is 0.356 e. The highest BCUT2D eigenvalue weighted by molar-refractivity contribution is 5.88. The van der Waals surface area contributed by atoms with Crippen molar-refractivity contribution in [2.24, 2.45) is 0 Å². The number of benzene rings is 1. The standard InChI is InChI=1S/C15H19N3O/c1-10-5-4-6-11(2)14(10)18-9-12(3)17-15(19)13(18)7-8-16/h4-6,12-13H,7,9H2,1-3H3,(H,17,19). The van der Waals surface area contributed by atoms with Crippen molar-refractivity contribution in [1.29, 1.82) is 5.26 Å². The number of anilines is 1. The van der Waals surface area contributed by atoms with Crippen molar-refractivity contribution in [1.82, 2.24) is 5.32 Å². The van der Waals surface area contributed by atoms with Gasteiger partial charge < -0.3 is 10.2 Å². The Morgan fingerprint density at radius 3 is 2.63 bits per heavy atom. The third-order valence-electron chi connectivity index (χ3n) is 3.55. The zero-order valence-corrected chi connectivity index (χ0v) is 11.6. The third kappa shape index (κ3) is 2.55. The number of carbonyl (C=O) groups is 1. The van der Waals surface area contributed by atoms with Crippen molar-refractivity contribution in [3.63, 3.8) is 0 Å². The topological polar surface area (TPSA) is 56.1 Å². The summed E-state index contributed by atoms with van der Waals surface area (Å²) >= 11 is 0. The molecule has 1 heterocycles. The average molecular weight is 257 g/mol. The first kappa shape index (κ1) is 13.4. The summed E-state index contributed by atoms with van der Waals surface area (Å²) in [6.45, 7) is 6.82. The van der Waals surface area contributed by atoms with E-state index in [4.69, 9.17) is 5.26 Å². The first-order chi connectivity index (χ1) is 9.04. The first-order valence-corrected chi connectivity index (χ1v) is 6.54. The quantitative estimate of drug-likeness (QED) is 0.880. The van der Waals surface area contributed by atoms with Crippen LogP contribution in [0.5, 0.6) is 0 Å². The Labute approximate surface area is 114 Å². The summed E-state index contributed by atoms with van der Waals surface area (Å²) in [5.41, 5.74) is 3.37. The maximum Gasteiger partial charge on any atom is 0.244 e. The van der Waals surface area contributed by atoms with Crippen LogP contribution in [0.1, 0.15) is 24.5 Å². The molecule has 1 fully saturated rings. The van der Waals surface area contributed by atoms with E-state index in [1.165, 1.54) is 0 Å². The Morgan fingerprint density at radius 1 is 1.42 bits per heavy atom. The van der Waals surface area contributed by atoms with Crippen LogP contribution < -0.4 is 10.2 Å². The van der Waals surface area contributed by atoms with E-state index in [9.17, 15) is 4.79 Å². The van der Waals surface area contributed by atoms with Gasteiger partial charge in [-0.1, -0.05) is 18.2 Å². The predicted molar refractivity (Wildman–Crippen MR) is 74.9 cm³/mol. The smallest absolute Gasteiger partial charge is 0.244 e. The number of carbonyl (C=O) groups excluding carboxylic acids is 1. The summed E-state index contributed by atoms with van der Waals surface area (Å²) in [5.74, 6) is -0.0528. The van der Waals surface area contributed by atoms with Crippen molar-refractivity contribution in [3.05, 3.63) is 29.3 Å². The normalized spacial score (nSPS) is 22.8. The monoisotopic (exact) mass is 257 g/mol. The number of rotatable bonds is 2. The maximum absolute atomic E-state index is 12.1. The van der Waals surface area contributed by atoms with Gasteiger partial charge in [0.1, 0.15) is 6.04 Å². The zero-order chi connectivity index (χ0) is 14.0. The highest BCUT2D eigenvalue weighted by atomic mass is 16.2. The summed E-state index contributed by atoms with van der Waals surface area (Å²) in [7, 11) is 0. The summed E-state index contributed by atoms with van der Waals surface area (Å²) < 4.78 is 0. The highest BCUT2D eigenvalue weighted by Gasteiger charge is 2.33. The molecule has 1 aliphatic heterocycles. The molecule has 4 heteroatoms. The van der Waals surface area contributed by atoms with E-state index in [1.807, 2.05) is 39.0 Å². The zero-order valence-electron chi connectivity index (χ0n) is 11.6. The molecule has 0 aliphatic carbocycles. The van der Waals surface area contributed by atoms with Crippen LogP contribution in [0.25, 0.3) is 0 Å². The molecule has 1 N–H and O–H groups in total. The molecule has 0 saturated carbocycles. The molecule has 0 bridgehead atoms. The van der Waals surface area contributed by atoms with Gasteiger partial charge in [-0.05, 0) is 31.9 Å². The molecule has 0 spiro atoms. The average Bonchev–Trinajstić information content (AvgIpc) is 2.33. The number of para-hydroxylation sites is 1. The van der Waals surface area contributed by atoms with Gasteiger partial charge in [-0.15, -0.1) is 0 Å². The Morgan fingerprint density at radius 2 is 2.05 bits per heavy atom. The third-order valence-corrected chi connectivity index (χ3v) is 3.55. The second kappa shape index (κ2) is 5.31. The fourth-order valence-corrected chi connectivity index (χ4v) is 2.74. The number of hydrogen-bond acceptors (Lipinski definition) is 3. The minimum Gasteiger partial charge on any atom is -0.356 e. The summed E-state index contributed by atoms with van der Waals surface area (Å²) in [6.07, 6.45) is 0.215. The number of nitrogens with one attached hydrogen (secondary N) is 1. The van der Waals surface area contributed by atoms with Gasteiger partial charge in [0.25, 0.3) is 0 Å². The molecule has 1 aromatic carbocycles. The maximum atomic E-state index is 12.1. The molecule has 1 aliphatic rings. The molecule has 4 nitrogen and oxygen atoms in total. The lowest BCUT2D eigenvalue weighted by atomic mass is 10.0. The van der Waals surface area contributed by atoms with Crippen LogP contribution in [-0.2, 0) is 4.79 Å². The number of hydrogen-bond donors (Lipinski definition) is 1. The molecule has 100 valence electrons. The number of aryl methyl sites for hydroxylation is 2. The van der Waals surface area contributed by atoms with Crippen molar-refractivity contribution in [2.75, 3.05) is 11.4 Å². The molecular weight excluding hydrogens is 238 g/mol. The van der Waals surface area contributed by atoms with Crippen LogP contribution in [0.15, 0.2) is 18.2 Å². The fraction of sp³-hybridized carbons (Fsp3) is 0.467. The van der Waals surface area contributed by atoms with Crippen LogP contribution in [0, 0.1) is 25.2 Å². The molecule has 2 unspecified atom stereocenters. The second-order valence-corrected chi connectivity index (χ2v) is 5.18. The lowest BCUT2D eigenvalue weighted by Crippen LogP contribution is -2.59. The Kier molecular flexibility index (Phi) is 3.75. The van der Waals surface area contributed by atoms with Gasteiger partial charge in [-0.25, -0.2) is 0 Å². The number of nitrogens with zero attached hydrogens (tertiary/aromatic N) is 2. The van der Waals surface area contributed by atoms with E-state index in [0.29, 0.717) is 0 Å². The summed E-state index contributed by atoms with van der Waals surface area (Å²) in [6, 6.07) is 7.93. The van der Waals surface area contributed by atoms with E-state index in [1.54, 1.807) is 0 Å². The van der Waals surface area contributed by atoms with Crippen LogP contribution in [0.4, 0.5) is 5.69 Å². The van der Waals surface area contributed by atoms with Gasteiger partial charge in [0.2, 0.25) is 5.91 Å². The van der Waals surface area contributed by atoms with Gasteiger partial charge in [0.15, 0.2) is 0 Å². The molecule has 1 amide bonds. The Balaban J connectivity index is 2.44. The van der Waals surface area contributed by atoms with E-state index in [0.717, 1.165) is 23.4 Å². The number of nitriles is 1. The van der Waals surface area contributed by atoms with Crippen LogP contribution in [0.2, 0.25) is 0 Å². The number of amides is 1. The van der Waals surface area contributed by atoms with E-state index in [-0.39, 0.29) is 24.4 Å². The lowest BCUT2D eigenvalue weighted by molar-refractivity contribution is -0.124. The van der Waals surface area contributed by atoms with Crippen molar-refractivity contribution >= 4 is 11.6 Å². The molecule has 1 saturated heterocycles. The van der Waals surface area contributed by atoms with Crippen molar-refractivity contribution < 1.29 is 4.79 Å². The molecule has 2 atom stereocenters. The van der Waals surface area contributed by atoms with Gasteiger partial charge in [-0.2, -0.15) is 5.26 Å². The lowest BCUT2D eigenvalue weighted by Gasteiger charge is -2.40. The van der Waals surface area contributed by atoms with Crippen molar-refractivity contribution in [2.45, 2.75) is 39.3 Å². The molecule has 0 aromatic heterocycles. The predicted octanol–water partition coefficient (Wildman–Crippen LogP) is 1.91. The summed E-state index contributed by atoms with van der Waals surface area (Å²) in [4.78, 5) is 14.2. The second-order valence-electron chi connectivity index (χ2n) is 5.18. The van der Waals surface area contributed by atoms with Gasteiger partial charge in [0.05, 0.1) is 12.5 Å². The Hall–Kier alpha value is -2.02. The molecule has 2 rings (SSSR count). The minimum atomic E-state index is -0.388. The molecule has 1 aromatic rings. The fourth-order valence-electron chi connectivity index (χ4n) is 2.74. The van der Waals surface area contributed by atoms with Gasteiger partial charge in [-0.3, -0.25) is 4.79 Å². The van der Waals surface area contributed by atoms with Crippen LogP contribution >= 0.6 is 0 Å². The van der Waals surface area contributed by atoms with Crippen LogP contribution in [0.3, 0.4) is 0 Å². The number of piperazine rings is 1. The van der Waals surface area contributed by atoms with Gasteiger partial charge >= 0.3 is 0 Å². The summed E-state index contributed by atoms with van der Waals surface area (Å²) in [5, 5.41) is 11.9. The minimum absolute atomic E-state index is 0.0528. The molecular formula is C15H19N3O. The van der Waals surface area contributed by atoms with Crippen LogP contribution in [-0.4, -0.2) is 24.5 Å². The molecule has 19 heavy (non-hydrogen) atoms.